The summed E-state index contributed by atoms with van der Waals surface area (Å²) < 4.78 is 32.4. The van der Waals surface area contributed by atoms with Crippen molar-refractivity contribution < 1.29 is 23.1 Å². The first-order chi connectivity index (χ1) is 15.4. The van der Waals surface area contributed by atoms with E-state index >= 15 is 0 Å². The molecular weight excluding hydrogens is 430 g/mol. The van der Waals surface area contributed by atoms with Gasteiger partial charge < -0.3 is 9.84 Å². The lowest BCUT2D eigenvalue weighted by atomic mass is 10.2. The Kier molecular flexibility index (Phi) is 7.58. The molecule has 1 amide bonds. The van der Waals surface area contributed by atoms with Crippen LogP contribution in [0.15, 0.2) is 88.9 Å². The largest absolute Gasteiger partial charge is 0.504 e. The number of carbonyl (C=O) groups is 1. The average Bonchev–Trinajstić information content (AvgIpc) is 2.81. The van der Waals surface area contributed by atoms with Gasteiger partial charge in [0.2, 0.25) is 10.0 Å². The topological polar surface area (TPSA) is 108 Å². The molecule has 0 radical (unpaired) electrons. The maximum absolute atomic E-state index is 13.1. The van der Waals surface area contributed by atoms with E-state index in [1.807, 2.05) is 6.07 Å². The van der Waals surface area contributed by atoms with Gasteiger partial charge in [0.05, 0.1) is 24.8 Å². The Morgan fingerprint density at radius 2 is 1.72 bits per heavy atom. The zero-order valence-corrected chi connectivity index (χ0v) is 18.2. The molecule has 3 aromatic carbocycles. The lowest BCUT2D eigenvalue weighted by Gasteiger charge is -2.21. The molecule has 0 bridgehead atoms. The van der Waals surface area contributed by atoms with Crippen molar-refractivity contribution in [3.63, 3.8) is 0 Å². The van der Waals surface area contributed by atoms with E-state index in [-0.39, 0.29) is 22.9 Å². The summed E-state index contributed by atoms with van der Waals surface area (Å²) in [6, 6.07) is 21.6. The number of carbonyl (C=O) groups excluding carboxylic acids is 1. The predicted molar refractivity (Wildman–Crippen MR) is 121 cm³/mol. The van der Waals surface area contributed by atoms with Crippen LogP contribution < -0.4 is 10.2 Å². The van der Waals surface area contributed by atoms with E-state index in [0.29, 0.717) is 5.56 Å². The Bertz CT molecular complexity index is 1180. The molecule has 166 valence electrons. The van der Waals surface area contributed by atoms with Gasteiger partial charge in [-0.1, -0.05) is 48.5 Å². The second-order valence-corrected chi connectivity index (χ2v) is 8.73. The molecule has 0 saturated carbocycles. The maximum Gasteiger partial charge on any atom is 0.255 e. The summed E-state index contributed by atoms with van der Waals surface area (Å²) in [7, 11) is -2.49. The quantitative estimate of drug-likeness (QED) is 0.383. The number of benzene rings is 3. The number of phenolic OH excluding ortho intramolecular Hbond substituents is 1. The minimum atomic E-state index is -3.91. The molecule has 2 N–H and O–H groups in total. The summed E-state index contributed by atoms with van der Waals surface area (Å²) in [6.07, 6.45) is 1.37. The van der Waals surface area contributed by atoms with Crippen molar-refractivity contribution in [1.29, 1.82) is 0 Å². The van der Waals surface area contributed by atoms with Crippen LogP contribution in [0.4, 0.5) is 0 Å². The van der Waals surface area contributed by atoms with E-state index in [1.165, 1.54) is 31.5 Å². The fraction of sp³-hybridized carbons (Fsp3) is 0.130. The fourth-order valence-electron chi connectivity index (χ4n) is 2.90. The molecule has 3 rings (SSSR count). The first-order valence-electron chi connectivity index (χ1n) is 9.68. The van der Waals surface area contributed by atoms with Gasteiger partial charge in [0.25, 0.3) is 5.91 Å². The molecule has 0 heterocycles. The smallest absolute Gasteiger partial charge is 0.255 e. The molecule has 0 saturated heterocycles. The van der Waals surface area contributed by atoms with Crippen molar-refractivity contribution in [2.75, 3.05) is 13.7 Å². The second kappa shape index (κ2) is 10.6. The third-order valence-electron chi connectivity index (χ3n) is 4.51. The number of hydrogen-bond donors (Lipinski definition) is 2. The number of phenols is 1. The molecule has 9 heteroatoms. The summed E-state index contributed by atoms with van der Waals surface area (Å²) in [5, 5.41) is 13.5. The number of amides is 1. The number of sulfonamides is 1. The molecule has 0 fully saturated rings. The lowest BCUT2D eigenvalue weighted by molar-refractivity contribution is -0.121. The monoisotopic (exact) mass is 453 g/mol. The van der Waals surface area contributed by atoms with E-state index in [9.17, 15) is 18.3 Å². The van der Waals surface area contributed by atoms with Crippen LogP contribution in [-0.4, -0.2) is 43.6 Å². The first-order valence-corrected chi connectivity index (χ1v) is 11.1. The van der Waals surface area contributed by atoms with Crippen molar-refractivity contribution in [2.24, 2.45) is 5.10 Å². The normalized spacial score (nSPS) is 11.6. The fourth-order valence-corrected chi connectivity index (χ4v) is 4.31. The average molecular weight is 454 g/mol. The SMILES string of the molecule is COc1cc(C=NNC(=O)CN(Cc2ccccc2)S(=O)(=O)c2ccccc2)ccc1O. The summed E-state index contributed by atoms with van der Waals surface area (Å²) in [5.74, 6) is -0.345. The number of ether oxygens (including phenoxy) is 1. The summed E-state index contributed by atoms with van der Waals surface area (Å²) >= 11 is 0. The van der Waals surface area contributed by atoms with Crippen molar-refractivity contribution >= 4 is 22.1 Å². The highest BCUT2D eigenvalue weighted by atomic mass is 32.2. The number of methoxy groups -OCH3 is 1. The number of hydrazone groups is 1. The number of rotatable bonds is 9. The van der Waals surface area contributed by atoms with Crippen LogP contribution in [0.1, 0.15) is 11.1 Å². The zero-order valence-electron chi connectivity index (χ0n) is 17.4. The molecule has 0 aliphatic carbocycles. The van der Waals surface area contributed by atoms with Crippen LogP contribution in [0.5, 0.6) is 11.5 Å². The number of nitrogens with one attached hydrogen (secondary N) is 1. The minimum absolute atomic E-state index is 0.0173. The molecule has 32 heavy (non-hydrogen) atoms. The lowest BCUT2D eigenvalue weighted by Crippen LogP contribution is -2.39. The van der Waals surface area contributed by atoms with Crippen molar-refractivity contribution in [3.8, 4) is 11.5 Å². The third kappa shape index (κ3) is 5.93. The van der Waals surface area contributed by atoms with E-state index in [2.05, 4.69) is 10.5 Å². The Hall–Kier alpha value is -3.69. The highest BCUT2D eigenvalue weighted by Gasteiger charge is 2.26. The zero-order chi connectivity index (χ0) is 23.0. The number of nitrogens with zero attached hydrogens (tertiary/aromatic N) is 2. The van der Waals surface area contributed by atoms with Gasteiger partial charge in [-0.3, -0.25) is 4.79 Å². The Morgan fingerprint density at radius 1 is 1.06 bits per heavy atom. The summed E-state index contributed by atoms with van der Waals surface area (Å²) in [6.45, 7) is -0.382. The van der Waals surface area contributed by atoms with E-state index in [1.54, 1.807) is 54.6 Å². The maximum atomic E-state index is 13.1. The second-order valence-electron chi connectivity index (χ2n) is 6.80. The minimum Gasteiger partial charge on any atom is -0.504 e. The van der Waals surface area contributed by atoms with Crippen LogP contribution in [0.3, 0.4) is 0 Å². The van der Waals surface area contributed by atoms with Crippen LogP contribution in [0, 0.1) is 0 Å². The standard InChI is InChI=1S/C23H23N3O5S/c1-31-22-14-19(12-13-21(22)27)15-24-25-23(28)17-26(16-18-8-4-2-5-9-18)32(29,30)20-10-6-3-7-11-20/h2-15,27H,16-17H2,1H3,(H,25,28). The molecule has 0 unspecified atom stereocenters. The highest BCUT2D eigenvalue weighted by Crippen LogP contribution is 2.25. The molecule has 0 atom stereocenters. The first kappa shape index (κ1) is 23.0. The number of hydrogen-bond acceptors (Lipinski definition) is 6. The molecular formula is C23H23N3O5S. The molecule has 0 aliphatic heterocycles. The summed E-state index contributed by atoms with van der Waals surface area (Å²) in [5.41, 5.74) is 3.68. The van der Waals surface area contributed by atoms with Gasteiger partial charge >= 0.3 is 0 Å². The van der Waals surface area contributed by atoms with Gasteiger partial charge in [0.15, 0.2) is 11.5 Å². The molecule has 0 spiro atoms. The molecule has 3 aromatic rings. The van der Waals surface area contributed by atoms with E-state index < -0.39 is 22.5 Å². The molecule has 8 nitrogen and oxygen atoms in total. The van der Waals surface area contributed by atoms with Gasteiger partial charge in [0, 0.05) is 6.54 Å². The highest BCUT2D eigenvalue weighted by molar-refractivity contribution is 7.89. The van der Waals surface area contributed by atoms with Crippen molar-refractivity contribution in [2.45, 2.75) is 11.4 Å². The van der Waals surface area contributed by atoms with Gasteiger partial charge in [-0.25, -0.2) is 13.8 Å². The Balaban J connectivity index is 1.74. The van der Waals surface area contributed by atoms with Crippen LogP contribution in [-0.2, 0) is 21.4 Å². The van der Waals surface area contributed by atoms with Crippen LogP contribution in [0.2, 0.25) is 0 Å². The van der Waals surface area contributed by atoms with Crippen molar-refractivity contribution in [3.05, 3.63) is 90.0 Å². The van der Waals surface area contributed by atoms with Crippen LogP contribution >= 0.6 is 0 Å². The Labute approximate surface area is 186 Å². The van der Waals surface area contributed by atoms with Gasteiger partial charge in [0.1, 0.15) is 0 Å². The Morgan fingerprint density at radius 3 is 2.38 bits per heavy atom. The van der Waals surface area contributed by atoms with E-state index in [4.69, 9.17) is 4.74 Å². The van der Waals surface area contributed by atoms with Gasteiger partial charge in [-0.2, -0.15) is 9.41 Å². The summed E-state index contributed by atoms with van der Waals surface area (Å²) in [4.78, 5) is 12.6. The van der Waals surface area contributed by atoms with Crippen molar-refractivity contribution in [1.82, 2.24) is 9.73 Å². The molecule has 0 aromatic heterocycles. The van der Waals surface area contributed by atoms with Crippen LogP contribution in [0.25, 0.3) is 0 Å². The van der Waals surface area contributed by atoms with Gasteiger partial charge in [-0.05, 0) is 41.5 Å². The predicted octanol–water partition coefficient (Wildman–Crippen LogP) is 2.74. The number of aromatic hydroxyl groups is 1. The van der Waals surface area contributed by atoms with E-state index in [0.717, 1.165) is 9.87 Å². The van der Waals surface area contributed by atoms with Gasteiger partial charge in [-0.15, -0.1) is 0 Å². The third-order valence-corrected chi connectivity index (χ3v) is 6.32. The molecule has 0 aliphatic rings.